The number of anilines is 1. The molecule has 0 spiro atoms. The van der Waals surface area contributed by atoms with E-state index in [1.807, 2.05) is 4.90 Å². The molecule has 0 heterocycles. The number of carbonyl (C=O) groups excluding carboxylic acids is 1. The fourth-order valence-electron chi connectivity index (χ4n) is 1.68. The third-order valence-electron chi connectivity index (χ3n) is 3.09. The summed E-state index contributed by atoms with van der Waals surface area (Å²) < 4.78 is 31.2. The highest BCUT2D eigenvalue weighted by Crippen LogP contribution is 2.15. The summed E-state index contributed by atoms with van der Waals surface area (Å²) in [5.41, 5.74) is -0.0199. The number of rotatable bonds is 7. The van der Waals surface area contributed by atoms with Gasteiger partial charge in [-0.3, -0.25) is 9.69 Å². The SMILES string of the molecule is COCCCN(C)C(C)C(=O)Nc1ccc(F)cc1F. The first-order valence-electron chi connectivity index (χ1n) is 6.40. The first kappa shape index (κ1) is 16.5. The number of halogens is 2. The molecule has 0 saturated carbocycles. The molecule has 112 valence electrons. The van der Waals surface area contributed by atoms with Crippen molar-refractivity contribution in [1.29, 1.82) is 0 Å². The summed E-state index contributed by atoms with van der Waals surface area (Å²) in [5.74, 6) is -1.80. The number of likely N-dealkylation sites (N-methyl/N-ethyl adjacent to an activating group) is 1. The lowest BCUT2D eigenvalue weighted by Crippen LogP contribution is -2.40. The summed E-state index contributed by atoms with van der Waals surface area (Å²) in [6, 6.07) is 2.63. The lowest BCUT2D eigenvalue weighted by Gasteiger charge is -2.23. The Morgan fingerprint density at radius 2 is 2.15 bits per heavy atom. The van der Waals surface area contributed by atoms with Crippen molar-refractivity contribution in [2.24, 2.45) is 0 Å². The maximum absolute atomic E-state index is 13.4. The van der Waals surface area contributed by atoms with E-state index < -0.39 is 17.7 Å². The molecule has 0 aliphatic carbocycles. The van der Waals surface area contributed by atoms with Gasteiger partial charge in [0.1, 0.15) is 11.6 Å². The molecule has 4 nitrogen and oxygen atoms in total. The van der Waals surface area contributed by atoms with Gasteiger partial charge >= 0.3 is 0 Å². The number of methoxy groups -OCH3 is 1. The maximum atomic E-state index is 13.4. The molecular formula is C14H20F2N2O2. The fourth-order valence-corrected chi connectivity index (χ4v) is 1.68. The second-order valence-electron chi connectivity index (χ2n) is 4.62. The molecule has 1 N–H and O–H groups in total. The third kappa shape index (κ3) is 4.86. The van der Waals surface area contributed by atoms with Crippen LogP contribution in [0.3, 0.4) is 0 Å². The predicted octanol–water partition coefficient (Wildman–Crippen LogP) is 2.26. The number of nitrogens with one attached hydrogen (secondary N) is 1. The highest BCUT2D eigenvalue weighted by molar-refractivity contribution is 5.94. The lowest BCUT2D eigenvalue weighted by molar-refractivity contribution is -0.120. The Labute approximate surface area is 117 Å². The molecule has 6 heteroatoms. The van der Waals surface area contributed by atoms with E-state index >= 15 is 0 Å². The van der Waals surface area contributed by atoms with Crippen LogP contribution < -0.4 is 5.32 Å². The first-order chi connectivity index (χ1) is 9.45. The number of benzene rings is 1. The Morgan fingerprint density at radius 3 is 2.75 bits per heavy atom. The van der Waals surface area contributed by atoms with Gasteiger partial charge in [-0.1, -0.05) is 0 Å². The summed E-state index contributed by atoms with van der Waals surface area (Å²) in [5, 5.41) is 2.45. The fraction of sp³-hybridized carbons (Fsp3) is 0.500. The third-order valence-corrected chi connectivity index (χ3v) is 3.09. The molecule has 0 aliphatic rings. The molecule has 0 bridgehead atoms. The Balaban J connectivity index is 2.56. The van der Waals surface area contributed by atoms with Gasteiger partial charge in [0.15, 0.2) is 0 Å². The molecule has 0 fully saturated rings. The van der Waals surface area contributed by atoms with Gasteiger partial charge < -0.3 is 10.1 Å². The number of hydrogen-bond donors (Lipinski definition) is 1. The molecule has 0 aromatic heterocycles. The summed E-state index contributed by atoms with van der Waals surface area (Å²) >= 11 is 0. The van der Waals surface area contributed by atoms with E-state index in [0.717, 1.165) is 18.6 Å². The first-order valence-corrected chi connectivity index (χ1v) is 6.40. The van der Waals surface area contributed by atoms with Gasteiger partial charge in [-0.05, 0) is 32.5 Å². The molecule has 0 radical (unpaired) electrons. The molecule has 1 atom stereocenters. The molecule has 0 aliphatic heterocycles. The minimum atomic E-state index is -0.785. The van der Waals surface area contributed by atoms with Crippen LogP contribution >= 0.6 is 0 Å². The Kier molecular flexibility index (Phi) is 6.54. The topological polar surface area (TPSA) is 41.6 Å². The van der Waals surface area contributed by atoms with Crippen molar-refractivity contribution >= 4 is 11.6 Å². The van der Waals surface area contributed by atoms with Gasteiger partial charge in [0.2, 0.25) is 5.91 Å². The number of nitrogens with zero attached hydrogens (tertiary/aromatic N) is 1. The van der Waals surface area contributed by atoms with Crippen molar-refractivity contribution in [2.75, 3.05) is 32.6 Å². The smallest absolute Gasteiger partial charge is 0.241 e. The monoisotopic (exact) mass is 286 g/mol. The van der Waals surface area contributed by atoms with Gasteiger partial charge in [-0.25, -0.2) is 8.78 Å². The average Bonchev–Trinajstić information content (AvgIpc) is 2.41. The normalized spacial score (nSPS) is 12.5. The van der Waals surface area contributed by atoms with Gasteiger partial charge in [0.05, 0.1) is 11.7 Å². The molecule has 1 aromatic carbocycles. The van der Waals surface area contributed by atoms with Gasteiger partial charge in [-0.2, -0.15) is 0 Å². The predicted molar refractivity (Wildman–Crippen MR) is 73.6 cm³/mol. The zero-order chi connectivity index (χ0) is 15.1. The van der Waals surface area contributed by atoms with Crippen molar-refractivity contribution < 1.29 is 18.3 Å². The molecule has 1 aromatic rings. The van der Waals surface area contributed by atoms with Crippen molar-refractivity contribution in [3.05, 3.63) is 29.8 Å². The van der Waals surface area contributed by atoms with Crippen LogP contribution in [0.1, 0.15) is 13.3 Å². The van der Waals surface area contributed by atoms with E-state index in [1.165, 1.54) is 6.07 Å². The standard InChI is InChI=1S/C14H20F2N2O2/c1-10(18(2)7-4-8-20-3)14(19)17-13-6-5-11(15)9-12(13)16/h5-6,9-10H,4,7-8H2,1-3H3,(H,17,19). The van der Waals surface area contributed by atoms with E-state index in [0.29, 0.717) is 13.2 Å². The molecule has 1 rings (SSSR count). The van der Waals surface area contributed by atoms with Gasteiger partial charge in [0, 0.05) is 26.3 Å². The molecule has 1 unspecified atom stereocenters. The minimum absolute atomic E-state index is 0.0199. The number of amides is 1. The van der Waals surface area contributed by atoms with Crippen LogP contribution in [0.2, 0.25) is 0 Å². The second kappa shape index (κ2) is 7.91. The average molecular weight is 286 g/mol. The zero-order valence-corrected chi connectivity index (χ0v) is 12.0. The van der Waals surface area contributed by atoms with Crippen LogP contribution in [0.15, 0.2) is 18.2 Å². The Morgan fingerprint density at radius 1 is 1.45 bits per heavy atom. The van der Waals surface area contributed by atoms with Crippen LogP contribution in [0.5, 0.6) is 0 Å². The molecule has 0 saturated heterocycles. The quantitative estimate of drug-likeness (QED) is 0.782. The van der Waals surface area contributed by atoms with Crippen LogP contribution in [0.4, 0.5) is 14.5 Å². The van der Waals surface area contributed by atoms with E-state index in [1.54, 1.807) is 21.1 Å². The number of hydrogen-bond acceptors (Lipinski definition) is 3. The van der Waals surface area contributed by atoms with E-state index in [9.17, 15) is 13.6 Å². The van der Waals surface area contributed by atoms with Crippen LogP contribution in [-0.2, 0) is 9.53 Å². The number of carbonyl (C=O) groups is 1. The van der Waals surface area contributed by atoms with Crippen molar-refractivity contribution in [2.45, 2.75) is 19.4 Å². The highest BCUT2D eigenvalue weighted by Gasteiger charge is 2.18. The van der Waals surface area contributed by atoms with Crippen LogP contribution in [0.25, 0.3) is 0 Å². The van der Waals surface area contributed by atoms with Crippen molar-refractivity contribution in [1.82, 2.24) is 4.90 Å². The Hall–Kier alpha value is -1.53. The van der Waals surface area contributed by atoms with Crippen LogP contribution in [-0.4, -0.2) is 44.2 Å². The largest absolute Gasteiger partial charge is 0.385 e. The van der Waals surface area contributed by atoms with Crippen molar-refractivity contribution in [3.63, 3.8) is 0 Å². The van der Waals surface area contributed by atoms with E-state index in [-0.39, 0.29) is 11.6 Å². The summed E-state index contributed by atoms with van der Waals surface area (Å²) in [7, 11) is 3.42. The van der Waals surface area contributed by atoms with Gasteiger partial charge in [0.25, 0.3) is 0 Å². The second-order valence-corrected chi connectivity index (χ2v) is 4.62. The Bertz CT molecular complexity index is 455. The number of ether oxygens (including phenoxy) is 1. The highest BCUT2D eigenvalue weighted by atomic mass is 19.1. The minimum Gasteiger partial charge on any atom is -0.385 e. The van der Waals surface area contributed by atoms with E-state index in [2.05, 4.69) is 5.32 Å². The van der Waals surface area contributed by atoms with E-state index in [4.69, 9.17) is 4.74 Å². The summed E-state index contributed by atoms with van der Waals surface area (Å²) in [4.78, 5) is 13.8. The zero-order valence-electron chi connectivity index (χ0n) is 12.0. The summed E-state index contributed by atoms with van der Waals surface area (Å²) in [6.07, 6.45) is 0.801. The molecular weight excluding hydrogens is 266 g/mol. The maximum Gasteiger partial charge on any atom is 0.241 e. The van der Waals surface area contributed by atoms with Crippen LogP contribution in [0, 0.1) is 11.6 Å². The van der Waals surface area contributed by atoms with Crippen molar-refractivity contribution in [3.8, 4) is 0 Å². The molecule has 1 amide bonds. The lowest BCUT2D eigenvalue weighted by atomic mass is 10.2. The summed E-state index contributed by atoms with van der Waals surface area (Å²) in [6.45, 7) is 3.03. The van der Waals surface area contributed by atoms with Gasteiger partial charge in [-0.15, -0.1) is 0 Å². The molecule has 20 heavy (non-hydrogen) atoms.